The SMILES string of the molecule is Cc1ccc(Nc2cc(C)nc(NCCNS(=O)(=O)c3ccc(Br)s3)n2)cc1. The second-order valence-electron chi connectivity index (χ2n) is 6.09. The number of benzene rings is 1. The van der Waals surface area contributed by atoms with E-state index >= 15 is 0 Å². The highest BCUT2D eigenvalue weighted by atomic mass is 79.9. The van der Waals surface area contributed by atoms with E-state index < -0.39 is 10.0 Å². The predicted octanol–water partition coefficient (Wildman–Crippen LogP) is 4.05. The van der Waals surface area contributed by atoms with Gasteiger partial charge in [-0.2, -0.15) is 4.98 Å². The lowest BCUT2D eigenvalue weighted by Gasteiger charge is -2.10. The Balaban J connectivity index is 1.57. The van der Waals surface area contributed by atoms with Crippen molar-refractivity contribution in [3.63, 3.8) is 0 Å². The summed E-state index contributed by atoms with van der Waals surface area (Å²) in [5, 5.41) is 6.30. The Labute approximate surface area is 176 Å². The van der Waals surface area contributed by atoms with Gasteiger partial charge in [0.25, 0.3) is 0 Å². The fourth-order valence-electron chi connectivity index (χ4n) is 2.37. The summed E-state index contributed by atoms with van der Waals surface area (Å²) in [4.78, 5) is 8.77. The molecule has 0 bridgehead atoms. The van der Waals surface area contributed by atoms with Crippen LogP contribution >= 0.6 is 27.3 Å². The van der Waals surface area contributed by atoms with Crippen LogP contribution in [0.4, 0.5) is 17.5 Å². The lowest BCUT2D eigenvalue weighted by Crippen LogP contribution is -2.28. The quantitative estimate of drug-likeness (QED) is 0.420. The summed E-state index contributed by atoms with van der Waals surface area (Å²) >= 11 is 4.44. The molecule has 0 atom stereocenters. The zero-order chi connectivity index (χ0) is 20.1. The smallest absolute Gasteiger partial charge is 0.250 e. The Bertz CT molecular complexity index is 1050. The summed E-state index contributed by atoms with van der Waals surface area (Å²) in [6.45, 7) is 4.49. The molecule has 3 N–H and O–H groups in total. The number of hydrogen-bond donors (Lipinski definition) is 3. The molecule has 0 aliphatic rings. The number of halogens is 1. The standard InChI is InChI=1S/C18H20BrN5O2S2/c1-12-3-5-14(6-4-12)23-16-11-13(2)22-18(24-16)20-9-10-21-28(25,26)17-8-7-15(19)27-17/h3-8,11,21H,9-10H2,1-2H3,(H2,20,22,23,24). The van der Waals surface area contributed by atoms with E-state index in [1.54, 1.807) is 12.1 Å². The lowest BCUT2D eigenvalue weighted by molar-refractivity contribution is 0.585. The van der Waals surface area contributed by atoms with Crippen molar-refractivity contribution in [1.82, 2.24) is 14.7 Å². The van der Waals surface area contributed by atoms with E-state index in [9.17, 15) is 8.42 Å². The van der Waals surface area contributed by atoms with E-state index in [4.69, 9.17) is 0 Å². The minimum absolute atomic E-state index is 0.218. The van der Waals surface area contributed by atoms with E-state index in [-0.39, 0.29) is 10.8 Å². The second-order valence-corrected chi connectivity index (χ2v) is 10.5. The second kappa shape index (κ2) is 8.99. The number of anilines is 3. The van der Waals surface area contributed by atoms with Gasteiger partial charge in [0.15, 0.2) is 0 Å². The molecule has 3 rings (SSSR count). The van der Waals surface area contributed by atoms with E-state index in [2.05, 4.69) is 41.3 Å². The average Bonchev–Trinajstić information content (AvgIpc) is 3.08. The first-order valence-electron chi connectivity index (χ1n) is 8.50. The zero-order valence-electron chi connectivity index (χ0n) is 15.4. The fraction of sp³-hybridized carbons (Fsp3) is 0.222. The molecule has 10 heteroatoms. The summed E-state index contributed by atoms with van der Waals surface area (Å²) in [5.74, 6) is 1.11. The monoisotopic (exact) mass is 481 g/mol. The fourth-order valence-corrected chi connectivity index (χ4v) is 5.46. The molecule has 0 amide bonds. The minimum Gasteiger partial charge on any atom is -0.353 e. The van der Waals surface area contributed by atoms with E-state index in [1.807, 2.05) is 44.2 Å². The minimum atomic E-state index is -3.51. The number of sulfonamides is 1. The van der Waals surface area contributed by atoms with Gasteiger partial charge in [0.05, 0.1) is 3.79 Å². The first-order chi connectivity index (χ1) is 13.3. The molecule has 3 aromatic rings. The molecule has 0 saturated carbocycles. The third kappa shape index (κ3) is 5.74. The van der Waals surface area contributed by atoms with Gasteiger partial charge in [0.1, 0.15) is 10.0 Å². The molecule has 0 unspecified atom stereocenters. The summed E-state index contributed by atoms with van der Waals surface area (Å²) in [5.41, 5.74) is 2.92. The van der Waals surface area contributed by atoms with Gasteiger partial charge in [-0.25, -0.2) is 18.1 Å². The predicted molar refractivity (Wildman–Crippen MR) is 117 cm³/mol. The largest absolute Gasteiger partial charge is 0.353 e. The van der Waals surface area contributed by atoms with Gasteiger partial charge < -0.3 is 10.6 Å². The molecule has 148 valence electrons. The van der Waals surface area contributed by atoms with Gasteiger partial charge in [0, 0.05) is 30.5 Å². The molecule has 28 heavy (non-hydrogen) atoms. The molecule has 0 aliphatic heterocycles. The van der Waals surface area contributed by atoms with Gasteiger partial charge >= 0.3 is 0 Å². The maximum absolute atomic E-state index is 12.2. The van der Waals surface area contributed by atoms with Crippen molar-refractivity contribution >= 4 is 54.7 Å². The first kappa shape index (κ1) is 20.7. The Kier molecular flexibility index (Phi) is 6.65. The first-order valence-corrected chi connectivity index (χ1v) is 11.6. The lowest BCUT2D eigenvalue weighted by atomic mass is 10.2. The summed E-state index contributed by atoms with van der Waals surface area (Å²) < 4.78 is 28.0. The van der Waals surface area contributed by atoms with Crippen LogP contribution in [0.3, 0.4) is 0 Å². The highest BCUT2D eigenvalue weighted by molar-refractivity contribution is 9.11. The molecule has 2 heterocycles. The van der Waals surface area contributed by atoms with Gasteiger partial charge in [-0.05, 0) is 54.0 Å². The van der Waals surface area contributed by atoms with Gasteiger partial charge in [-0.15, -0.1) is 11.3 Å². The Morgan fingerprint density at radius 3 is 2.46 bits per heavy atom. The topological polar surface area (TPSA) is 96.0 Å². The van der Waals surface area contributed by atoms with Crippen LogP contribution in [0.15, 0.2) is 50.5 Å². The molecular formula is C18H20BrN5O2S2. The van der Waals surface area contributed by atoms with Crippen molar-refractivity contribution in [2.75, 3.05) is 23.7 Å². The number of aromatic nitrogens is 2. The van der Waals surface area contributed by atoms with Crippen LogP contribution in [0.2, 0.25) is 0 Å². The molecule has 0 aliphatic carbocycles. The van der Waals surface area contributed by atoms with Crippen molar-refractivity contribution in [2.24, 2.45) is 0 Å². The summed E-state index contributed by atoms with van der Waals surface area (Å²) in [6.07, 6.45) is 0. The normalized spacial score (nSPS) is 11.4. The molecule has 7 nitrogen and oxygen atoms in total. The van der Waals surface area contributed by atoms with Crippen molar-refractivity contribution in [3.8, 4) is 0 Å². The van der Waals surface area contributed by atoms with Crippen LogP contribution in [-0.4, -0.2) is 31.5 Å². The zero-order valence-corrected chi connectivity index (χ0v) is 18.6. The number of nitrogens with zero attached hydrogens (tertiary/aromatic N) is 2. The van der Waals surface area contributed by atoms with E-state index in [0.29, 0.717) is 18.3 Å². The molecule has 1 aromatic carbocycles. The van der Waals surface area contributed by atoms with Crippen LogP contribution < -0.4 is 15.4 Å². The molecule has 0 spiro atoms. The van der Waals surface area contributed by atoms with E-state index in [0.717, 1.165) is 15.2 Å². The third-order valence-electron chi connectivity index (χ3n) is 3.69. The van der Waals surface area contributed by atoms with Gasteiger partial charge in [-0.1, -0.05) is 17.7 Å². The number of rotatable bonds is 8. The maximum Gasteiger partial charge on any atom is 0.250 e. The van der Waals surface area contributed by atoms with Crippen LogP contribution in [0.25, 0.3) is 0 Å². The van der Waals surface area contributed by atoms with Crippen LogP contribution in [0, 0.1) is 13.8 Å². The van der Waals surface area contributed by atoms with Gasteiger partial charge in [0.2, 0.25) is 16.0 Å². The Morgan fingerprint density at radius 1 is 1.04 bits per heavy atom. The van der Waals surface area contributed by atoms with Crippen LogP contribution in [0.5, 0.6) is 0 Å². The molecule has 0 saturated heterocycles. The highest BCUT2D eigenvalue weighted by Crippen LogP contribution is 2.25. The van der Waals surface area contributed by atoms with Crippen molar-refractivity contribution in [3.05, 3.63) is 57.5 Å². The maximum atomic E-state index is 12.2. The van der Waals surface area contributed by atoms with Crippen LogP contribution in [0.1, 0.15) is 11.3 Å². The molecule has 2 aromatic heterocycles. The highest BCUT2D eigenvalue weighted by Gasteiger charge is 2.15. The third-order valence-corrected chi connectivity index (χ3v) is 7.27. The molecule has 0 fully saturated rings. The van der Waals surface area contributed by atoms with Crippen molar-refractivity contribution < 1.29 is 8.42 Å². The van der Waals surface area contributed by atoms with E-state index in [1.165, 1.54) is 16.9 Å². The Morgan fingerprint density at radius 2 is 1.79 bits per heavy atom. The number of nitrogens with one attached hydrogen (secondary N) is 3. The van der Waals surface area contributed by atoms with Crippen molar-refractivity contribution in [2.45, 2.75) is 18.1 Å². The number of hydrogen-bond acceptors (Lipinski definition) is 7. The summed E-state index contributed by atoms with van der Waals surface area (Å²) in [6, 6.07) is 13.1. The Hall–Kier alpha value is -2.01. The van der Waals surface area contributed by atoms with Gasteiger partial charge in [-0.3, -0.25) is 0 Å². The number of thiophene rings is 1. The van der Waals surface area contributed by atoms with Crippen molar-refractivity contribution in [1.29, 1.82) is 0 Å². The average molecular weight is 482 g/mol. The van der Waals surface area contributed by atoms with Crippen LogP contribution in [-0.2, 0) is 10.0 Å². The molecular weight excluding hydrogens is 462 g/mol. The number of aryl methyl sites for hydroxylation is 2. The summed E-state index contributed by atoms with van der Waals surface area (Å²) in [7, 11) is -3.51. The molecule has 0 radical (unpaired) electrons.